The molecule has 0 atom stereocenters. The summed E-state index contributed by atoms with van der Waals surface area (Å²) in [7, 11) is 0. The Kier molecular flexibility index (Phi) is 4.29. The summed E-state index contributed by atoms with van der Waals surface area (Å²) >= 11 is 0. The number of nitrogens with zero attached hydrogens (tertiary/aromatic N) is 1. The predicted molar refractivity (Wildman–Crippen MR) is 75.3 cm³/mol. The van der Waals surface area contributed by atoms with E-state index in [0.717, 1.165) is 0 Å². The highest BCUT2D eigenvalue weighted by atomic mass is 19.4. The molecule has 2 aromatic rings. The summed E-state index contributed by atoms with van der Waals surface area (Å²) in [4.78, 5) is 22.9. The second-order valence-electron chi connectivity index (χ2n) is 4.75. The third-order valence-electron chi connectivity index (χ3n) is 3.12. The molecule has 0 radical (unpaired) electrons. The van der Waals surface area contributed by atoms with Crippen molar-refractivity contribution in [1.29, 1.82) is 5.26 Å². The van der Waals surface area contributed by atoms with E-state index in [0.29, 0.717) is 0 Å². The summed E-state index contributed by atoms with van der Waals surface area (Å²) in [6.45, 7) is -1.89. The van der Waals surface area contributed by atoms with Gasteiger partial charge in [-0.05, 0) is 12.1 Å². The van der Waals surface area contributed by atoms with Gasteiger partial charge in [-0.25, -0.2) is 0 Å². The van der Waals surface area contributed by atoms with E-state index in [1.54, 1.807) is 11.4 Å². The summed E-state index contributed by atoms with van der Waals surface area (Å²) in [5, 5.41) is 13.0. The van der Waals surface area contributed by atoms with Crippen LogP contribution in [0.1, 0.15) is 5.56 Å². The smallest absolute Gasteiger partial charge is 0.374 e. The Morgan fingerprint density at radius 1 is 1.00 bits per heavy atom. The van der Waals surface area contributed by atoms with Crippen molar-refractivity contribution >= 4 is 17.1 Å². The van der Waals surface area contributed by atoms with Gasteiger partial charge in [0.1, 0.15) is 17.4 Å². The molecular weight excluding hydrogens is 337 g/mol. The number of rotatable bonds is 5. The fourth-order valence-electron chi connectivity index (χ4n) is 1.80. The van der Waals surface area contributed by atoms with Crippen LogP contribution in [-0.4, -0.2) is 18.6 Å². The predicted octanol–water partition coefficient (Wildman–Crippen LogP) is 2.51. The van der Waals surface area contributed by atoms with Crippen LogP contribution in [0.4, 0.5) is 39.0 Å². The van der Waals surface area contributed by atoms with Crippen molar-refractivity contribution in [3.05, 3.63) is 50.3 Å². The molecule has 0 fully saturated rings. The lowest BCUT2D eigenvalue weighted by atomic mass is 10.1. The van der Waals surface area contributed by atoms with E-state index in [1.807, 2.05) is 0 Å². The fraction of sp³-hybridized carbons (Fsp3) is 0.214. The van der Waals surface area contributed by atoms with Gasteiger partial charge in [-0.1, -0.05) is 12.1 Å². The molecular formula is C14H8F5N3O2. The minimum absolute atomic E-state index is 0.0946. The monoisotopic (exact) mass is 345 g/mol. The Morgan fingerprint density at radius 3 is 2.17 bits per heavy atom. The van der Waals surface area contributed by atoms with E-state index in [2.05, 4.69) is 5.32 Å². The zero-order chi connectivity index (χ0) is 18.1. The normalized spacial score (nSPS) is 12.0. The van der Waals surface area contributed by atoms with Gasteiger partial charge in [0.05, 0.1) is 17.8 Å². The lowest BCUT2D eigenvalue weighted by Crippen LogP contribution is -2.45. The van der Waals surface area contributed by atoms with Gasteiger partial charge in [-0.15, -0.1) is 0 Å². The average molecular weight is 345 g/mol. The van der Waals surface area contributed by atoms with Gasteiger partial charge >= 0.3 is 12.1 Å². The van der Waals surface area contributed by atoms with Crippen LogP contribution >= 0.6 is 0 Å². The van der Waals surface area contributed by atoms with Crippen LogP contribution in [-0.2, 0) is 0 Å². The van der Waals surface area contributed by atoms with Crippen LogP contribution in [0.5, 0.6) is 0 Å². The second-order valence-corrected chi connectivity index (χ2v) is 4.75. The lowest BCUT2D eigenvalue weighted by molar-refractivity contribution is -0.275. The highest BCUT2D eigenvalue weighted by Gasteiger charge is 2.57. The maximum atomic E-state index is 12.9. The summed E-state index contributed by atoms with van der Waals surface area (Å²) in [6, 6.07) is 7.58. The molecule has 10 heteroatoms. The first-order chi connectivity index (χ1) is 11.1. The third-order valence-corrected chi connectivity index (χ3v) is 3.12. The van der Waals surface area contributed by atoms with E-state index < -0.39 is 40.9 Å². The number of anilines is 3. The Hall–Kier alpha value is -2.96. The van der Waals surface area contributed by atoms with Crippen LogP contribution in [0.15, 0.2) is 33.9 Å². The molecule has 2 aromatic carbocycles. The van der Waals surface area contributed by atoms with Crippen molar-refractivity contribution in [3.63, 3.8) is 0 Å². The van der Waals surface area contributed by atoms with Crippen LogP contribution < -0.4 is 21.5 Å². The van der Waals surface area contributed by atoms with Crippen molar-refractivity contribution in [3.8, 4) is 6.07 Å². The molecule has 0 amide bonds. The molecule has 0 saturated heterocycles. The van der Waals surface area contributed by atoms with Gasteiger partial charge in [-0.3, -0.25) is 9.59 Å². The standard InChI is InChI=1S/C14H8F5N3O2/c15-13(16,14(17,18)19)6-21-9-10(12(24)11(9)23)22-8-4-2-1-3-7(8)5-20/h1-4,21-22H,6H2. The number of benzene rings is 1. The van der Waals surface area contributed by atoms with Crippen molar-refractivity contribution < 1.29 is 22.0 Å². The molecule has 0 heterocycles. The maximum Gasteiger partial charge on any atom is 0.455 e. The molecule has 5 nitrogen and oxygen atoms in total. The average Bonchev–Trinajstić information content (AvgIpc) is 2.52. The first-order valence-electron chi connectivity index (χ1n) is 6.36. The van der Waals surface area contributed by atoms with Crippen molar-refractivity contribution in [2.75, 3.05) is 17.2 Å². The Morgan fingerprint density at radius 2 is 1.58 bits per heavy atom. The number of nitriles is 1. The molecule has 0 aliphatic carbocycles. The van der Waals surface area contributed by atoms with Crippen LogP contribution in [0, 0.1) is 11.3 Å². The molecule has 0 bridgehead atoms. The summed E-state index contributed by atoms with van der Waals surface area (Å²) in [5.41, 5.74) is -3.25. The minimum Gasteiger partial charge on any atom is -0.374 e. The Bertz CT molecular complexity index is 876. The van der Waals surface area contributed by atoms with Crippen LogP contribution in [0.25, 0.3) is 0 Å². The largest absolute Gasteiger partial charge is 0.455 e. The topological polar surface area (TPSA) is 82.0 Å². The van der Waals surface area contributed by atoms with E-state index in [-0.39, 0.29) is 11.3 Å². The second kappa shape index (κ2) is 5.92. The summed E-state index contributed by atoms with van der Waals surface area (Å²) in [6.07, 6.45) is -5.79. The van der Waals surface area contributed by atoms with Gasteiger partial charge in [0.2, 0.25) is 0 Å². The molecule has 2 N–H and O–H groups in total. The molecule has 0 aliphatic heterocycles. The maximum absolute atomic E-state index is 12.9. The molecule has 0 spiro atoms. The summed E-state index contributed by atoms with van der Waals surface area (Å²) in [5.74, 6) is -5.07. The number of hydrogen-bond donors (Lipinski definition) is 2. The van der Waals surface area contributed by atoms with Crippen molar-refractivity contribution in [1.82, 2.24) is 0 Å². The van der Waals surface area contributed by atoms with Gasteiger partial charge in [0, 0.05) is 0 Å². The fourth-order valence-corrected chi connectivity index (χ4v) is 1.80. The Balaban J connectivity index is 2.24. The number of alkyl halides is 5. The molecule has 2 rings (SSSR count). The SMILES string of the molecule is N#Cc1ccccc1Nc1c(NCC(F)(F)C(F)(F)F)c(=O)c1=O. The van der Waals surface area contributed by atoms with Gasteiger partial charge in [0.15, 0.2) is 0 Å². The first-order valence-corrected chi connectivity index (χ1v) is 6.36. The molecule has 0 aliphatic rings. The number of para-hydroxylation sites is 1. The third kappa shape index (κ3) is 3.05. The molecule has 0 aromatic heterocycles. The van der Waals surface area contributed by atoms with Gasteiger partial charge in [-0.2, -0.15) is 27.2 Å². The van der Waals surface area contributed by atoms with E-state index in [1.165, 1.54) is 24.3 Å². The van der Waals surface area contributed by atoms with Gasteiger partial charge < -0.3 is 10.6 Å². The minimum atomic E-state index is -5.79. The van der Waals surface area contributed by atoms with E-state index >= 15 is 0 Å². The summed E-state index contributed by atoms with van der Waals surface area (Å²) < 4.78 is 62.1. The van der Waals surface area contributed by atoms with E-state index in [4.69, 9.17) is 5.26 Å². The molecule has 126 valence electrons. The Labute approximate surface area is 131 Å². The van der Waals surface area contributed by atoms with E-state index in [9.17, 15) is 31.5 Å². The lowest BCUT2D eigenvalue weighted by Gasteiger charge is -2.22. The van der Waals surface area contributed by atoms with Crippen LogP contribution in [0.3, 0.4) is 0 Å². The molecule has 24 heavy (non-hydrogen) atoms. The number of halogens is 5. The quantitative estimate of drug-likeness (QED) is 0.643. The first kappa shape index (κ1) is 17.4. The molecule has 0 saturated carbocycles. The number of nitrogens with one attached hydrogen (secondary N) is 2. The zero-order valence-corrected chi connectivity index (χ0v) is 11.7. The zero-order valence-electron chi connectivity index (χ0n) is 11.7. The molecule has 0 unspecified atom stereocenters. The van der Waals surface area contributed by atoms with Crippen molar-refractivity contribution in [2.24, 2.45) is 0 Å². The highest BCUT2D eigenvalue weighted by Crippen LogP contribution is 2.35. The van der Waals surface area contributed by atoms with Gasteiger partial charge in [0.25, 0.3) is 10.9 Å². The van der Waals surface area contributed by atoms with Crippen molar-refractivity contribution in [2.45, 2.75) is 12.1 Å². The number of hydrogen-bond acceptors (Lipinski definition) is 5. The van der Waals surface area contributed by atoms with Crippen LogP contribution in [0.2, 0.25) is 0 Å². The highest BCUT2D eigenvalue weighted by molar-refractivity contribution is 5.80.